The molecule has 0 aliphatic carbocycles. The number of sulfonamides is 1. The Kier molecular flexibility index (Phi) is 9.33. The number of carbonyl (C=O) groups is 2. The van der Waals surface area contributed by atoms with Crippen LogP contribution in [0, 0.1) is 20.8 Å². The molecule has 2 amide bonds. The molecular formula is C30H37N3O4S. The summed E-state index contributed by atoms with van der Waals surface area (Å²) in [5, 5.41) is 2.87. The molecule has 1 N–H and O–H groups in total. The van der Waals surface area contributed by atoms with E-state index in [1.54, 1.807) is 31.2 Å². The normalized spacial score (nSPS) is 12.2. The maximum absolute atomic E-state index is 13.9. The van der Waals surface area contributed by atoms with Crippen molar-refractivity contribution in [3.8, 4) is 0 Å². The van der Waals surface area contributed by atoms with E-state index in [9.17, 15) is 18.0 Å². The van der Waals surface area contributed by atoms with Crippen molar-refractivity contribution >= 4 is 27.5 Å². The first-order chi connectivity index (χ1) is 17.9. The molecule has 0 aliphatic rings. The van der Waals surface area contributed by atoms with Crippen LogP contribution in [-0.2, 0) is 26.2 Å². The Balaban J connectivity index is 2.06. The van der Waals surface area contributed by atoms with Crippen molar-refractivity contribution in [1.82, 2.24) is 10.2 Å². The average Bonchev–Trinajstić information content (AvgIpc) is 2.88. The van der Waals surface area contributed by atoms with Gasteiger partial charge in [0.05, 0.1) is 10.6 Å². The van der Waals surface area contributed by atoms with E-state index in [0.29, 0.717) is 5.69 Å². The van der Waals surface area contributed by atoms with Gasteiger partial charge in [-0.2, -0.15) is 0 Å². The van der Waals surface area contributed by atoms with Crippen molar-refractivity contribution in [2.45, 2.75) is 65.1 Å². The molecule has 0 fully saturated rings. The van der Waals surface area contributed by atoms with E-state index in [2.05, 4.69) is 5.32 Å². The molecule has 0 aliphatic heterocycles. The van der Waals surface area contributed by atoms with Crippen LogP contribution in [0.4, 0.5) is 5.69 Å². The highest BCUT2D eigenvalue weighted by molar-refractivity contribution is 7.92. The Labute approximate surface area is 226 Å². The van der Waals surface area contributed by atoms with Crippen molar-refractivity contribution < 1.29 is 18.0 Å². The lowest BCUT2D eigenvalue weighted by atomic mass is 10.1. The molecule has 0 saturated heterocycles. The lowest BCUT2D eigenvalue weighted by Crippen LogP contribution is -2.52. The summed E-state index contributed by atoms with van der Waals surface area (Å²) in [4.78, 5) is 28.5. The summed E-state index contributed by atoms with van der Waals surface area (Å²) < 4.78 is 28.9. The third-order valence-electron chi connectivity index (χ3n) is 6.32. The predicted molar refractivity (Wildman–Crippen MR) is 151 cm³/mol. The Morgan fingerprint density at radius 1 is 0.842 bits per heavy atom. The van der Waals surface area contributed by atoms with Gasteiger partial charge in [-0.1, -0.05) is 60.2 Å². The largest absolute Gasteiger partial charge is 0.352 e. The third-order valence-corrected chi connectivity index (χ3v) is 8.09. The molecule has 0 saturated carbocycles. The van der Waals surface area contributed by atoms with Crippen molar-refractivity contribution in [2.75, 3.05) is 10.8 Å². The number of hydrogen-bond donors (Lipinski definition) is 1. The van der Waals surface area contributed by atoms with Crippen LogP contribution in [0.2, 0.25) is 0 Å². The Hall–Kier alpha value is -3.65. The van der Waals surface area contributed by atoms with Gasteiger partial charge in [0.15, 0.2) is 0 Å². The Morgan fingerprint density at radius 3 is 2.05 bits per heavy atom. The highest BCUT2D eigenvalue weighted by Crippen LogP contribution is 2.28. The van der Waals surface area contributed by atoms with E-state index in [0.717, 1.165) is 26.6 Å². The van der Waals surface area contributed by atoms with E-state index in [1.807, 2.05) is 71.0 Å². The van der Waals surface area contributed by atoms with Crippen LogP contribution in [0.15, 0.2) is 77.7 Å². The molecule has 1 unspecified atom stereocenters. The fourth-order valence-electron chi connectivity index (χ4n) is 4.10. The SMILES string of the molecule is Cc1ccc(CN(C(=O)CN(c2cc(C)ccc2C)S(=O)(=O)c2ccccc2)C(C)C(=O)NC(C)C)cc1. The number of aryl methyl sites for hydroxylation is 3. The number of nitrogens with one attached hydrogen (secondary N) is 1. The lowest BCUT2D eigenvalue weighted by molar-refractivity contribution is -0.139. The van der Waals surface area contributed by atoms with Gasteiger partial charge in [-0.25, -0.2) is 8.42 Å². The van der Waals surface area contributed by atoms with Gasteiger partial charge < -0.3 is 10.2 Å². The summed E-state index contributed by atoms with van der Waals surface area (Å²) >= 11 is 0. The van der Waals surface area contributed by atoms with Gasteiger partial charge in [-0.05, 0) is 76.4 Å². The van der Waals surface area contributed by atoms with Crippen LogP contribution in [0.1, 0.15) is 43.0 Å². The molecule has 0 radical (unpaired) electrons. The maximum Gasteiger partial charge on any atom is 0.264 e. The van der Waals surface area contributed by atoms with Crippen LogP contribution < -0.4 is 9.62 Å². The number of benzene rings is 3. The van der Waals surface area contributed by atoms with Crippen LogP contribution in [0.3, 0.4) is 0 Å². The van der Waals surface area contributed by atoms with E-state index in [4.69, 9.17) is 0 Å². The fraction of sp³-hybridized carbons (Fsp3) is 0.333. The number of anilines is 1. The second kappa shape index (κ2) is 12.3. The summed E-state index contributed by atoms with van der Waals surface area (Å²) in [5.74, 6) is -0.776. The predicted octanol–water partition coefficient (Wildman–Crippen LogP) is 4.75. The van der Waals surface area contributed by atoms with E-state index < -0.39 is 28.5 Å². The van der Waals surface area contributed by atoms with Gasteiger partial charge in [0.25, 0.3) is 10.0 Å². The van der Waals surface area contributed by atoms with Gasteiger partial charge in [-0.15, -0.1) is 0 Å². The molecule has 38 heavy (non-hydrogen) atoms. The van der Waals surface area contributed by atoms with Gasteiger partial charge in [0.2, 0.25) is 11.8 Å². The van der Waals surface area contributed by atoms with E-state index in [-0.39, 0.29) is 23.4 Å². The monoisotopic (exact) mass is 535 g/mol. The highest BCUT2D eigenvalue weighted by Gasteiger charge is 2.33. The molecule has 0 heterocycles. The first kappa shape index (κ1) is 28.9. The van der Waals surface area contributed by atoms with E-state index >= 15 is 0 Å². The first-order valence-electron chi connectivity index (χ1n) is 12.7. The maximum atomic E-state index is 13.9. The Bertz CT molecular complexity index is 1370. The molecule has 3 rings (SSSR count). The van der Waals surface area contributed by atoms with Crippen LogP contribution in [0.5, 0.6) is 0 Å². The molecule has 8 heteroatoms. The van der Waals surface area contributed by atoms with Gasteiger partial charge in [0, 0.05) is 12.6 Å². The summed E-state index contributed by atoms with van der Waals surface area (Å²) in [6, 6.07) is 20.4. The zero-order valence-electron chi connectivity index (χ0n) is 22.9. The molecule has 0 spiro atoms. The quantitative estimate of drug-likeness (QED) is 0.406. The summed E-state index contributed by atoms with van der Waals surface area (Å²) in [6.07, 6.45) is 0. The number of rotatable bonds is 10. The number of hydrogen-bond acceptors (Lipinski definition) is 4. The molecule has 0 bridgehead atoms. The molecule has 1 atom stereocenters. The Morgan fingerprint density at radius 2 is 1.45 bits per heavy atom. The molecule has 7 nitrogen and oxygen atoms in total. The minimum absolute atomic E-state index is 0.0874. The highest BCUT2D eigenvalue weighted by atomic mass is 32.2. The zero-order chi connectivity index (χ0) is 28.0. The lowest BCUT2D eigenvalue weighted by Gasteiger charge is -2.33. The molecule has 3 aromatic rings. The van der Waals surface area contributed by atoms with Crippen molar-refractivity contribution in [2.24, 2.45) is 0 Å². The minimum Gasteiger partial charge on any atom is -0.352 e. The van der Waals surface area contributed by atoms with E-state index in [1.165, 1.54) is 17.0 Å². The molecular weight excluding hydrogens is 498 g/mol. The fourth-order valence-corrected chi connectivity index (χ4v) is 5.59. The molecule has 202 valence electrons. The third kappa shape index (κ3) is 7.01. The number of carbonyl (C=O) groups excluding carboxylic acids is 2. The number of amides is 2. The van der Waals surface area contributed by atoms with Crippen LogP contribution in [0.25, 0.3) is 0 Å². The van der Waals surface area contributed by atoms with Gasteiger partial charge in [-0.3, -0.25) is 13.9 Å². The second-order valence-corrected chi connectivity index (χ2v) is 11.8. The minimum atomic E-state index is -4.08. The first-order valence-corrected chi connectivity index (χ1v) is 14.1. The van der Waals surface area contributed by atoms with Gasteiger partial charge in [0.1, 0.15) is 12.6 Å². The van der Waals surface area contributed by atoms with Crippen molar-refractivity contribution in [3.05, 3.63) is 95.1 Å². The average molecular weight is 536 g/mol. The summed E-state index contributed by atoms with van der Waals surface area (Å²) in [7, 11) is -4.08. The zero-order valence-corrected chi connectivity index (χ0v) is 23.7. The van der Waals surface area contributed by atoms with Crippen LogP contribution in [-0.4, -0.2) is 43.8 Å². The van der Waals surface area contributed by atoms with Gasteiger partial charge >= 0.3 is 0 Å². The smallest absolute Gasteiger partial charge is 0.264 e. The second-order valence-electron chi connectivity index (χ2n) is 9.96. The summed E-state index contributed by atoms with van der Waals surface area (Å²) in [6.45, 7) is 10.7. The topological polar surface area (TPSA) is 86.8 Å². The van der Waals surface area contributed by atoms with Crippen molar-refractivity contribution in [1.29, 1.82) is 0 Å². The summed E-state index contributed by atoms with van der Waals surface area (Å²) in [5.41, 5.74) is 3.94. The molecule has 0 aromatic heterocycles. The van der Waals surface area contributed by atoms with Crippen molar-refractivity contribution in [3.63, 3.8) is 0 Å². The standard InChI is InChI=1S/C30H37N3O4S/c1-21(2)31-30(35)25(6)32(19-26-16-13-22(3)14-17-26)29(34)20-33(28-18-23(4)12-15-24(28)5)38(36,37)27-10-8-7-9-11-27/h7-18,21,25H,19-20H2,1-6H3,(H,31,35). The number of nitrogens with zero attached hydrogens (tertiary/aromatic N) is 2. The molecule has 3 aromatic carbocycles. The van der Waals surface area contributed by atoms with Crippen LogP contribution >= 0.6 is 0 Å².